The molecule has 2 aliphatic heterocycles. The lowest BCUT2D eigenvalue weighted by atomic mass is 10.0. The summed E-state index contributed by atoms with van der Waals surface area (Å²) in [6.45, 7) is 7.26. The Morgan fingerprint density at radius 3 is 2.57 bits per heavy atom. The zero-order valence-electron chi connectivity index (χ0n) is 16.5. The van der Waals surface area contributed by atoms with Crippen molar-refractivity contribution in [3.05, 3.63) is 57.5 Å². The number of aromatic nitrogens is 1. The summed E-state index contributed by atoms with van der Waals surface area (Å²) in [6, 6.07) is 9.39. The van der Waals surface area contributed by atoms with Gasteiger partial charge in [0.05, 0.1) is 25.3 Å². The van der Waals surface area contributed by atoms with E-state index in [-0.39, 0.29) is 23.6 Å². The number of pyridine rings is 1. The summed E-state index contributed by atoms with van der Waals surface area (Å²) in [5, 5.41) is 3.14. The third kappa shape index (κ3) is 3.75. The van der Waals surface area contributed by atoms with Crippen molar-refractivity contribution >= 4 is 5.91 Å². The highest BCUT2D eigenvalue weighted by Gasteiger charge is 2.35. The molecule has 3 heterocycles. The number of amides is 1. The van der Waals surface area contributed by atoms with E-state index in [1.807, 2.05) is 32.0 Å². The highest BCUT2D eigenvalue weighted by atomic mass is 16.5. The van der Waals surface area contributed by atoms with Crippen LogP contribution in [0, 0.1) is 13.8 Å². The molecule has 0 bridgehead atoms. The van der Waals surface area contributed by atoms with Gasteiger partial charge in [0.25, 0.3) is 11.5 Å². The number of likely N-dealkylation sites (tertiary alicyclic amines) is 1. The van der Waals surface area contributed by atoms with Crippen LogP contribution in [0.15, 0.2) is 35.1 Å². The predicted octanol–water partition coefficient (Wildman–Crippen LogP) is 2.25. The lowest BCUT2D eigenvalue weighted by Crippen LogP contribution is -2.50. The molecule has 0 unspecified atom stereocenters. The molecule has 4 rings (SSSR count). The number of nitrogens with zero attached hydrogens (tertiary/aromatic N) is 1. The van der Waals surface area contributed by atoms with E-state index in [0.717, 1.165) is 29.9 Å². The molecule has 28 heavy (non-hydrogen) atoms. The molecule has 1 aromatic heterocycles. The van der Waals surface area contributed by atoms with Crippen molar-refractivity contribution in [3.8, 4) is 11.1 Å². The Hall–Kier alpha value is -2.44. The summed E-state index contributed by atoms with van der Waals surface area (Å²) in [7, 11) is 0. The van der Waals surface area contributed by atoms with E-state index in [9.17, 15) is 9.59 Å². The minimum atomic E-state index is -0.114. The Morgan fingerprint density at radius 1 is 1.14 bits per heavy atom. The zero-order chi connectivity index (χ0) is 19.7. The maximum absolute atomic E-state index is 12.7. The Balaban J connectivity index is 1.47. The lowest BCUT2D eigenvalue weighted by molar-refractivity contribution is 0.0916. The minimum Gasteiger partial charge on any atom is -0.378 e. The van der Waals surface area contributed by atoms with Crippen molar-refractivity contribution < 1.29 is 9.53 Å². The molecule has 2 fully saturated rings. The van der Waals surface area contributed by atoms with E-state index >= 15 is 0 Å². The van der Waals surface area contributed by atoms with Gasteiger partial charge in [0.2, 0.25) is 0 Å². The molecule has 2 atom stereocenters. The van der Waals surface area contributed by atoms with Gasteiger partial charge in [0, 0.05) is 16.8 Å². The van der Waals surface area contributed by atoms with Crippen molar-refractivity contribution in [2.24, 2.45) is 0 Å². The summed E-state index contributed by atoms with van der Waals surface area (Å²) in [5.74, 6) is -0.0970. The molecule has 6 heteroatoms. The molecule has 2 saturated heterocycles. The number of carbonyl (C=O) groups is 1. The summed E-state index contributed by atoms with van der Waals surface area (Å²) in [4.78, 5) is 30.3. The number of carbonyl (C=O) groups excluding carboxylic acids is 1. The maximum Gasteiger partial charge on any atom is 0.256 e. The topological polar surface area (TPSA) is 74.4 Å². The molecular formula is C22H27N3O3. The number of aromatic amines is 1. The fraction of sp³-hybridized carbons (Fsp3) is 0.455. The molecule has 1 aromatic carbocycles. The molecule has 148 valence electrons. The van der Waals surface area contributed by atoms with Crippen LogP contribution in [0.25, 0.3) is 11.1 Å². The summed E-state index contributed by atoms with van der Waals surface area (Å²) >= 11 is 0. The second kappa shape index (κ2) is 7.89. The number of nitrogens with one attached hydrogen (secondary N) is 2. The van der Waals surface area contributed by atoms with Crippen LogP contribution in [0.5, 0.6) is 0 Å². The molecule has 0 spiro atoms. The normalized spacial score (nSPS) is 22.5. The van der Waals surface area contributed by atoms with Gasteiger partial charge in [-0.25, -0.2) is 0 Å². The van der Waals surface area contributed by atoms with E-state index < -0.39 is 0 Å². The highest BCUT2D eigenvalue weighted by molar-refractivity contribution is 5.95. The SMILES string of the molecule is Cc1cc(-c2ccc(C(=O)N[C@H]3COC[C@@H]3N3CCCC3)cc2)c(=O)[nH]c1C. The average Bonchev–Trinajstić information content (AvgIpc) is 3.36. The van der Waals surface area contributed by atoms with Gasteiger partial charge in [-0.2, -0.15) is 0 Å². The number of hydrogen-bond donors (Lipinski definition) is 2. The predicted molar refractivity (Wildman–Crippen MR) is 109 cm³/mol. The van der Waals surface area contributed by atoms with Gasteiger partial charge in [-0.05, 0) is 69.1 Å². The molecule has 0 saturated carbocycles. The van der Waals surface area contributed by atoms with Crippen LogP contribution in [0.3, 0.4) is 0 Å². The van der Waals surface area contributed by atoms with Gasteiger partial charge in [0.15, 0.2) is 0 Å². The largest absolute Gasteiger partial charge is 0.378 e. The molecule has 6 nitrogen and oxygen atoms in total. The minimum absolute atomic E-state index is 0.0212. The molecular weight excluding hydrogens is 354 g/mol. The van der Waals surface area contributed by atoms with E-state index in [1.165, 1.54) is 12.8 Å². The quantitative estimate of drug-likeness (QED) is 0.852. The standard InChI is InChI=1S/C22H27N3O3/c1-14-11-18(22(27)23-15(14)2)16-5-7-17(8-6-16)21(26)24-19-12-28-13-20(19)25-9-3-4-10-25/h5-8,11,19-20H,3-4,9-10,12-13H2,1-2H3,(H,23,27)(H,24,26)/t19-,20-/m0/s1. The average molecular weight is 381 g/mol. The number of aryl methyl sites for hydroxylation is 2. The molecule has 1 amide bonds. The third-order valence-electron chi connectivity index (χ3n) is 5.93. The monoisotopic (exact) mass is 381 g/mol. The van der Waals surface area contributed by atoms with Gasteiger partial charge < -0.3 is 15.0 Å². The molecule has 2 N–H and O–H groups in total. The van der Waals surface area contributed by atoms with Gasteiger partial charge in [-0.1, -0.05) is 12.1 Å². The van der Waals surface area contributed by atoms with Crippen molar-refractivity contribution in [3.63, 3.8) is 0 Å². The van der Waals surface area contributed by atoms with Gasteiger partial charge >= 0.3 is 0 Å². The number of ether oxygens (including phenoxy) is 1. The van der Waals surface area contributed by atoms with Crippen molar-refractivity contribution in [1.82, 2.24) is 15.2 Å². The fourth-order valence-corrected chi connectivity index (χ4v) is 4.11. The first-order valence-electron chi connectivity index (χ1n) is 9.96. The second-order valence-corrected chi connectivity index (χ2v) is 7.83. The molecule has 0 aliphatic carbocycles. The third-order valence-corrected chi connectivity index (χ3v) is 5.93. The van der Waals surface area contributed by atoms with Crippen LogP contribution in [0.4, 0.5) is 0 Å². The van der Waals surface area contributed by atoms with Crippen LogP contribution in [-0.4, -0.2) is 54.2 Å². The Labute approximate surface area is 164 Å². The van der Waals surface area contributed by atoms with E-state index in [0.29, 0.717) is 24.3 Å². The van der Waals surface area contributed by atoms with Gasteiger partial charge in [-0.15, -0.1) is 0 Å². The smallest absolute Gasteiger partial charge is 0.256 e. The first-order chi connectivity index (χ1) is 13.5. The highest BCUT2D eigenvalue weighted by Crippen LogP contribution is 2.21. The van der Waals surface area contributed by atoms with Crippen molar-refractivity contribution in [2.45, 2.75) is 38.8 Å². The lowest BCUT2D eigenvalue weighted by Gasteiger charge is -2.27. The van der Waals surface area contributed by atoms with E-state index in [4.69, 9.17) is 4.74 Å². The van der Waals surface area contributed by atoms with E-state index in [1.54, 1.807) is 12.1 Å². The van der Waals surface area contributed by atoms with Crippen LogP contribution >= 0.6 is 0 Å². The molecule has 2 aromatic rings. The Bertz CT molecular complexity index is 914. The Kier molecular flexibility index (Phi) is 5.33. The van der Waals surface area contributed by atoms with Crippen molar-refractivity contribution in [1.29, 1.82) is 0 Å². The second-order valence-electron chi connectivity index (χ2n) is 7.83. The maximum atomic E-state index is 12.7. The number of H-pyrrole nitrogens is 1. The van der Waals surface area contributed by atoms with Gasteiger partial charge in [-0.3, -0.25) is 14.5 Å². The van der Waals surface area contributed by atoms with Crippen LogP contribution in [-0.2, 0) is 4.74 Å². The van der Waals surface area contributed by atoms with Gasteiger partial charge in [0.1, 0.15) is 0 Å². The first kappa shape index (κ1) is 18.9. The van der Waals surface area contributed by atoms with E-state index in [2.05, 4.69) is 15.2 Å². The van der Waals surface area contributed by atoms with Crippen molar-refractivity contribution in [2.75, 3.05) is 26.3 Å². The Morgan fingerprint density at radius 2 is 1.86 bits per heavy atom. The van der Waals surface area contributed by atoms with Crippen LogP contribution in [0.2, 0.25) is 0 Å². The number of rotatable bonds is 4. The fourth-order valence-electron chi connectivity index (χ4n) is 4.11. The summed E-state index contributed by atoms with van der Waals surface area (Å²) in [5.41, 5.74) is 3.81. The molecule has 2 aliphatic rings. The number of benzene rings is 1. The summed E-state index contributed by atoms with van der Waals surface area (Å²) < 4.78 is 5.64. The molecule has 0 radical (unpaired) electrons. The first-order valence-corrected chi connectivity index (χ1v) is 9.96. The van der Waals surface area contributed by atoms with Crippen LogP contribution < -0.4 is 10.9 Å². The number of hydrogen-bond acceptors (Lipinski definition) is 4. The van der Waals surface area contributed by atoms with Crippen LogP contribution in [0.1, 0.15) is 34.5 Å². The zero-order valence-corrected chi connectivity index (χ0v) is 16.5. The summed E-state index contributed by atoms with van der Waals surface area (Å²) in [6.07, 6.45) is 2.44.